The van der Waals surface area contributed by atoms with Gasteiger partial charge in [0.25, 0.3) is 0 Å². The number of hydrogen-bond acceptors (Lipinski definition) is 1. The Morgan fingerprint density at radius 3 is 1.72 bits per heavy atom. The number of benzene rings is 3. The molecule has 0 heterocycles. The first-order valence-corrected chi connectivity index (χ1v) is 12.7. The maximum Gasteiger partial charge on any atom is 0.122 e. The van der Waals surface area contributed by atoms with Crippen LogP contribution in [0.4, 0.5) is 0 Å². The predicted molar refractivity (Wildman–Crippen MR) is 125 cm³/mol. The molecular weight excluding hydrogens is 395 g/mol. The molecule has 0 radical (unpaired) electrons. The van der Waals surface area contributed by atoms with Crippen molar-refractivity contribution in [2.24, 2.45) is 0 Å². The van der Waals surface area contributed by atoms with Gasteiger partial charge in [-0.1, -0.05) is 80.8 Å². The van der Waals surface area contributed by atoms with E-state index in [4.69, 9.17) is 0 Å². The van der Waals surface area contributed by atoms with E-state index in [0.29, 0.717) is 5.75 Å². The molecule has 3 heteroatoms. The molecule has 0 spiro atoms. The van der Waals surface area contributed by atoms with E-state index in [1.165, 1.54) is 48.9 Å². The third-order valence-corrected chi connectivity index (χ3v) is 10.1. The van der Waals surface area contributed by atoms with Gasteiger partial charge in [0.2, 0.25) is 0 Å². The monoisotopic (exact) mass is 426 g/mol. The lowest BCUT2D eigenvalue weighted by Crippen LogP contribution is -3.00. The Bertz CT molecular complexity index is 796. The quantitative estimate of drug-likeness (QED) is 0.388. The molecule has 0 saturated carbocycles. The zero-order valence-corrected chi connectivity index (χ0v) is 19.0. The largest absolute Gasteiger partial charge is 1.00 e. The van der Waals surface area contributed by atoms with Crippen LogP contribution < -0.4 is 23.0 Å². The highest BCUT2D eigenvalue weighted by Gasteiger charge is 2.42. The van der Waals surface area contributed by atoms with Crippen LogP contribution in [0.3, 0.4) is 0 Å². The fourth-order valence-electron chi connectivity index (χ4n) is 4.02. The SMILES string of the molecule is CCCCCCC[P+](Cc1ccccc1O)(c1ccccc1)c1ccccc1.[Cl-]. The van der Waals surface area contributed by atoms with Crippen LogP contribution >= 0.6 is 7.26 Å². The van der Waals surface area contributed by atoms with Crippen molar-refractivity contribution >= 4 is 17.9 Å². The number of phenolic OH excluding ortho intramolecular Hbond substituents is 1. The maximum atomic E-state index is 10.5. The van der Waals surface area contributed by atoms with Gasteiger partial charge in [-0.3, -0.25) is 0 Å². The highest BCUT2D eigenvalue weighted by molar-refractivity contribution is 7.88. The summed E-state index contributed by atoms with van der Waals surface area (Å²) in [6.45, 7) is 2.27. The van der Waals surface area contributed by atoms with Crippen molar-refractivity contribution in [3.8, 4) is 5.75 Å². The van der Waals surface area contributed by atoms with Crippen LogP contribution in [0.15, 0.2) is 84.9 Å². The Hall–Kier alpha value is -1.82. The molecule has 0 aliphatic carbocycles. The van der Waals surface area contributed by atoms with Crippen molar-refractivity contribution in [2.45, 2.75) is 45.2 Å². The second-order valence-corrected chi connectivity index (χ2v) is 11.3. The summed E-state index contributed by atoms with van der Waals surface area (Å²) in [5.41, 5.74) is 1.07. The van der Waals surface area contributed by atoms with Gasteiger partial charge < -0.3 is 17.5 Å². The summed E-state index contributed by atoms with van der Waals surface area (Å²) in [6.07, 6.45) is 8.55. The molecule has 0 unspecified atom stereocenters. The van der Waals surface area contributed by atoms with Gasteiger partial charge >= 0.3 is 0 Å². The van der Waals surface area contributed by atoms with Gasteiger partial charge in [0.05, 0.1) is 30.2 Å². The average Bonchev–Trinajstić information content (AvgIpc) is 2.75. The lowest BCUT2D eigenvalue weighted by molar-refractivity contribution is -0.00000668. The number of unbranched alkanes of at least 4 members (excludes halogenated alkanes) is 4. The average molecular weight is 427 g/mol. The second-order valence-electron chi connectivity index (χ2n) is 7.56. The summed E-state index contributed by atoms with van der Waals surface area (Å²) < 4.78 is 0. The molecule has 29 heavy (non-hydrogen) atoms. The van der Waals surface area contributed by atoms with Crippen LogP contribution in [0.1, 0.15) is 44.6 Å². The molecule has 0 aliphatic rings. The van der Waals surface area contributed by atoms with Crippen molar-refractivity contribution in [1.29, 1.82) is 0 Å². The number of para-hydroxylation sites is 1. The van der Waals surface area contributed by atoms with E-state index in [2.05, 4.69) is 73.7 Å². The van der Waals surface area contributed by atoms with Gasteiger partial charge in [0.1, 0.15) is 5.75 Å². The van der Waals surface area contributed by atoms with Gasteiger partial charge in [-0.25, -0.2) is 0 Å². The summed E-state index contributed by atoms with van der Waals surface area (Å²) in [6, 6.07) is 29.9. The Kier molecular flexibility index (Phi) is 9.71. The van der Waals surface area contributed by atoms with E-state index in [1.807, 2.05) is 18.2 Å². The molecule has 0 fully saturated rings. The number of halogens is 1. The van der Waals surface area contributed by atoms with E-state index in [0.717, 1.165) is 11.7 Å². The number of rotatable bonds is 10. The minimum atomic E-state index is -1.66. The van der Waals surface area contributed by atoms with Crippen LogP contribution in [-0.2, 0) is 6.16 Å². The van der Waals surface area contributed by atoms with Crippen molar-refractivity contribution in [2.75, 3.05) is 6.16 Å². The van der Waals surface area contributed by atoms with Crippen molar-refractivity contribution in [3.63, 3.8) is 0 Å². The zero-order chi connectivity index (χ0) is 19.7. The van der Waals surface area contributed by atoms with Crippen molar-refractivity contribution in [3.05, 3.63) is 90.5 Å². The predicted octanol–water partition coefficient (Wildman–Crippen LogP) is 3.54. The van der Waals surface area contributed by atoms with E-state index < -0.39 is 7.26 Å². The van der Waals surface area contributed by atoms with E-state index in [1.54, 1.807) is 0 Å². The normalized spacial score (nSPS) is 11.1. The Morgan fingerprint density at radius 2 is 1.17 bits per heavy atom. The molecule has 154 valence electrons. The van der Waals surface area contributed by atoms with Crippen LogP contribution in [0.5, 0.6) is 5.75 Å². The number of aromatic hydroxyl groups is 1. The molecule has 0 saturated heterocycles. The van der Waals surface area contributed by atoms with Gasteiger partial charge in [-0.2, -0.15) is 0 Å². The number of phenols is 1. The molecule has 3 aromatic carbocycles. The topological polar surface area (TPSA) is 20.2 Å². The fourth-order valence-corrected chi connectivity index (χ4v) is 8.45. The van der Waals surface area contributed by atoms with E-state index in [9.17, 15) is 5.11 Å². The summed E-state index contributed by atoms with van der Waals surface area (Å²) in [5.74, 6) is 0.421. The van der Waals surface area contributed by atoms with Crippen LogP contribution in [0, 0.1) is 0 Å². The molecule has 1 nitrogen and oxygen atoms in total. The molecule has 1 N–H and O–H groups in total. The van der Waals surface area contributed by atoms with Crippen LogP contribution in [0.2, 0.25) is 0 Å². The minimum absolute atomic E-state index is 0. The fraction of sp³-hybridized carbons (Fsp3) is 0.308. The van der Waals surface area contributed by atoms with E-state index >= 15 is 0 Å². The molecule has 0 atom stereocenters. The highest BCUT2D eigenvalue weighted by Crippen LogP contribution is 2.60. The summed E-state index contributed by atoms with van der Waals surface area (Å²) in [5, 5.41) is 13.4. The molecule has 0 bridgehead atoms. The van der Waals surface area contributed by atoms with Gasteiger partial charge in [-0.15, -0.1) is 0 Å². The highest BCUT2D eigenvalue weighted by atomic mass is 35.5. The molecule has 3 aromatic rings. The maximum absolute atomic E-state index is 10.5. The Morgan fingerprint density at radius 1 is 0.655 bits per heavy atom. The van der Waals surface area contributed by atoms with E-state index in [-0.39, 0.29) is 12.4 Å². The molecule has 0 amide bonds. The number of hydrogen-bond donors (Lipinski definition) is 1. The van der Waals surface area contributed by atoms with Crippen LogP contribution in [0.25, 0.3) is 0 Å². The third-order valence-electron chi connectivity index (χ3n) is 5.58. The molecular formula is C26H32ClOP. The summed E-state index contributed by atoms with van der Waals surface area (Å²) in [4.78, 5) is 0. The van der Waals surface area contributed by atoms with Gasteiger partial charge in [0.15, 0.2) is 0 Å². The van der Waals surface area contributed by atoms with Crippen LogP contribution in [-0.4, -0.2) is 11.3 Å². The lowest BCUT2D eigenvalue weighted by Gasteiger charge is -2.28. The zero-order valence-electron chi connectivity index (χ0n) is 17.3. The third kappa shape index (κ3) is 6.08. The first-order chi connectivity index (χ1) is 13.8. The van der Waals surface area contributed by atoms with Gasteiger partial charge in [0, 0.05) is 5.56 Å². The van der Waals surface area contributed by atoms with Crippen molar-refractivity contribution < 1.29 is 17.5 Å². The first kappa shape index (κ1) is 23.5. The Balaban J connectivity index is 0.00000300. The summed E-state index contributed by atoms with van der Waals surface area (Å²) >= 11 is 0. The Labute approximate surface area is 182 Å². The van der Waals surface area contributed by atoms with Gasteiger partial charge in [-0.05, 0) is 43.2 Å². The van der Waals surface area contributed by atoms with Crippen molar-refractivity contribution in [1.82, 2.24) is 0 Å². The minimum Gasteiger partial charge on any atom is -1.00 e. The molecule has 3 rings (SSSR count). The molecule has 0 aromatic heterocycles. The second kappa shape index (κ2) is 12.0. The smallest absolute Gasteiger partial charge is 0.122 e. The lowest BCUT2D eigenvalue weighted by atomic mass is 10.2. The standard InChI is InChI=1S/C26H31OP.ClH/c1-2-3-4-5-14-21-28(24-16-8-6-9-17-24,25-18-10-7-11-19-25)22-23-15-12-13-20-26(23)27;/h6-13,15-20H,2-5,14,21-22H2,1H3;1H. The first-order valence-electron chi connectivity index (χ1n) is 10.5. The summed E-state index contributed by atoms with van der Waals surface area (Å²) in [7, 11) is -1.66. The molecule has 0 aliphatic heterocycles.